The number of hydrogen-bond acceptors (Lipinski definition) is 4. The maximum atomic E-state index is 5.86. The summed E-state index contributed by atoms with van der Waals surface area (Å²) in [6, 6.07) is 10.3. The monoisotopic (exact) mass is 332 g/mol. The van der Waals surface area contributed by atoms with Crippen molar-refractivity contribution in [1.82, 2.24) is 20.2 Å². The fourth-order valence-corrected chi connectivity index (χ4v) is 2.68. The van der Waals surface area contributed by atoms with Gasteiger partial charge >= 0.3 is 0 Å². The van der Waals surface area contributed by atoms with E-state index in [0.717, 1.165) is 44.0 Å². The first-order valence-corrected chi connectivity index (χ1v) is 8.61. The van der Waals surface area contributed by atoms with Crippen LogP contribution in [-0.2, 0) is 6.54 Å². The average molecular weight is 333 g/mol. The van der Waals surface area contributed by atoms with Crippen molar-refractivity contribution in [3.63, 3.8) is 0 Å². The van der Waals surface area contributed by atoms with Crippen LogP contribution in [0.15, 0.2) is 36.5 Å². The summed E-state index contributed by atoms with van der Waals surface area (Å²) in [6.45, 7) is 9.72. The summed E-state index contributed by atoms with van der Waals surface area (Å²) >= 11 is 5.86. The molecule has 0 amide bonds. The van der Waals surface area contributed by atoms with Gasteiger partial charge in [0, 0.05) is 18.3 Å². The van der Waals surface area contributed by atoms with Crippen molar-refractivity contribution in [1.29, 1.82) is 0 Å². The van der Waals surface area contributed by atoms with Gasteiger partial charge in [-0.2, -0.15) is 0 Å². The van der Waals surface area contributed by atoms with Crippen LogP contribution < -0.4 is 5.32 Å². The normalized spacial score (nSPS) is 11.1. The molecule has 0 saturated heterocycles. The molecular formula is C18H25ClN4. The Hall–Kier alpha value is -1.49. The van der Waals surface area contributed by atoms with Crippen LogP contribution in [0.3, 0.4) is 0 Å². The molecule has 2 rings (SSSR count). The van der Waals surface area contributed by atoms with Gasteiger partial charge in [-0.25, -0.2) is 9.97 Å². The van der Waals surface area contributed by atoms with Crippen LogP contribution in [0.25, 0.3) is 11.3 Å². The van der Waals surface area contributed by atoms with Gasteiger partial charge in [0.25, 0.3) is 0 Å². The molecule has 1 aromatic heterocycles. The summed E-state index contributed by atoms with van der Waals surface area (Å²) in [4.78, 5) is 10.6. The molecule has 1 aromatic carbocycles. The highest BCUT2D eigenvalue weighted by Gasteiger charge is 2.03. The third-order valence-electron chi connectivity index (χ3n) is 3.90. The molecule has 0 fully saturated rings. The van der Waals surface area contributed by atoms with E-state index in [2.05, 4.69) is 52.2 Å². The van der Waals surface area contributed by atoms with Gasteiger partial charge in [-0.05, 0) is 61.9 Å². The zero-order chi connectivity index (χ0) is 16.5. The van der Waals surface area contributed by atoms with Crippen molar-refractivity contribution < 1.29 is 0 Å². The van der Waals surface area contributed by atoms with Gasteiger partial charge in [-0.15, -0.1) is 0 Å². The van der Waals surface area contributed by atoms with Crippen LogP contribution >= 0.6 is 11.6 Å². The summed E-state index contributed by atoms with van der Waals surface area (Å²) in [7, 11) is 0. The number of halogens is 1. The number of hydrogen-bond donors (Lipinski definition) is 1. The Balaban J connectivity index is 1.84. The summed E-state index contributed by atoms with van der Waals surface area (Å²) in [5.41, 5.74) is 3.17. The maximum absolute atomic E-state index is 5.86. The Kier molecular flexibility index (Phi) is 7.46. The Bertz CT molecular complexity index is 599. The molecule has 23 heavy (non-hydrogen) atoms. The lowest BCUT2D eigenvalue weighted by molar-refractivity contribution is 0.298. The lowest BCUT2D eigenvalue weighted by atomic mass is 10.1. The van der Waals surface area contributed by atoms with E-state index < -0.39 is 0 Å². The molecule has 0 saturated carbocycles. The summed E-state index contributed by atoms with van der Waals surface area (Å²) in [5.74, 6) is 0. The summed E-state index contributed by atoms with van der Waals surface area (Å²) in [5, 5.41) is 3.79. The van der Waals surface area contributed by atoms with Crippen LogP contribution in [0.5, 0.6) is 0 Å². The van der Waals surface area contributed by atoms with Gasteiger partial charge in [0.15, 0.2) is 0 Å². The smallest absolute Gasteiger partial charge is 0.222 e. The topological polar surface area (TPSA) is 41.0 Å². The predicted octanol–water partition coefficient (Wildman–Crippen LogP) is 3.62. The molecule has 0 spiro atoms. The number of nitrogens with one attached hydrogen (secondary N) is 1. The highest BCUT2D eigenvalue weighted by atomic mass is 35.5. The second-order valence-electron chi connectivity index (χ2n) is 5.47. The minimum absolute atomic E-state index is 0.280. The minimum atomic E-state index is 0.280. The van der Waals surface area contributed by atoms with Gasteiger partial charge in [0.1, 0.15) is 0 Å². The quantitative estimate of drug-likeness (QED) is 0.562. The molecule has 0 unspecified atom stereocenters. The zero-order valence-electron chi connectivity index (χ0n) is 13.9. The van der Waals surface area contributed by atoms with E-state index in [1.165, 1.54) is 12.0 Å². The first-order valence-electron chi connectivity index (χ1n) is 8.23. The average Bonchev–Trinajstić information content (AvgIpc) is 2.58. The molecule has 1 N–H and O–H groups in total. The predicted molar refractivity (Wildman–Crippen MR) is 96.6 cm³/mol. The Morgan fingerprint density at radius 2 is 2.00 bits per heavy atom. The lowest BCUT2D eigenvalue weighted by Crippen LogP contribution is -2.27. The van der Waals surface area contributed by atoms with Crippen molar-refractivity contribution in [2.24, 2.45) is 0 Å². The number of nitrogens with zero attached hydrogens (tertiary/aromatic N) is 3. The summed E-state index contributed by atoms with van der Waals surface area (Å²) in [6.07, 6.45) is 2.85. The van der Waals surface area contributed by atoms with E-state index in [9.17, 15) is 0 Å². The van der Waals surface area contributed by atoms with Crippen LogP contribution in [0.2, 0.25) is 5.28 Å². The molecule has 124 valence electrons. The van der Waals surface area contributed by atoms with Gasteiger partial charge in [0.2, 0.25) is 5.28 Å². The molecule has 2 aromatic rings. The first kappa shape index (κ1) is 17.9. The largest absolute Gasteiger partial charge is 0.313 e. The highest BCUT2D eigenvalue weighted by molar-refractivity contribution is 6.28. The molecule has 0 radical (unpaired) electrons. The Morgan fingerprint density at radius 1 is 1.17 bits per heavy atom. The molecule has 0 aliphatic heterocycles. The Labute approximate surface area is 143 Å². The molecule has 0 atom stereocenters. The third kappa shape index (κ3) is 5.90. The number of rotatable bonds is 9. The van der Waals surface area contributed by atoms with Gasteiger partial charge < -0.3 is 10.2 Å². The SMILES string of the molecule is CCN(CC)CCCNCc1cccc(-c2ccnc(Cl)n2)c1. The molecule has 0 bridgehead atoms. The van der Waals surface area contributed by atoms with Crippen molar-refractivity contribution in [2.45, 2.75) is 26.8 Å². The van der Waals surface area contributed by atoms with Crippen molar-refractivity contribution in [3.8, 4) is 11.3 Å². The fraction of sp³-hybridized carbons (Fsp3) is 0.444. The van der Waals surface area contributed by atoms with Crippen molar-refractivity contribution in [3.05, 3.63) is 47.4 Å². The molecule has 1 heterocycles. The van der Waals surface area contributed by atoms with Crippen molar-refractivity contribution in [2.75, 3.05) is 26.2 Å². The molecule has 4 nitrogen and oxygen atoms in total. The van der Waals surface area contributed by atoms with Gasteiger partial charge in [0.05, 0.1) is 5.69 Å². The lowest BCUT2D eigenvalue weighted by Gasteiger charge is -2.17. The molecule has 0 aliphatic carbocycles. The maximum Gasteiger partial charge on any atom is 0.222 e. The van der Waals surface area contributed by atoms with E-state index in [-0.39, 0.29) is 5.28 Å². The molecular weight excluding hydrogens is 308 g/mol. The van der Waals surface area contributed by atoms with E-state index in [1.54, 1.807) is 6.20 Å². The van der Waals surface area contributed by atoms with Gasteiger partial charge in [-0.3, -0.25) is 0 Å². The van der Waals surface area contributed by atoms with E-state index >= 15 is 0 Å². The zero-order valence-corrected chi connectivity index (χ0v) is 14.7. The molecule has 0 aliphatic rings. The number of benzene rings is 1. The van der Waals surface area contributed by atoms with E-state index in [4.69, 9.17) is 11.6 Å². The van der Waals surface area contributed by atoms with Crippen LogP contribution in [-0.4, -0.2) is 41.0 Å². The van der Waals surface area contributed by atoms with Gasteiger partial charge in [-0.1, -0.05) is 32.0 Å². The third-order valence-corrected chi connectivity index (χ3v) is 4.08. The minimum Gasteiger partial charge on any atom is -0.313 e. The van der Waals surface area contributed by atoms with Crippen LogP contribution in [0.1, 0.15) is 25.8 Å². The van der Waals surface area contributed by atoms with Crippen molar-refractivity contribution >= 4 is 11.6 Å². The second kappa shape index (κ2) is 9.60. The van der Waals surface area contributed by atoms with E-state index in [0.29, 0.717) is 0 Å². The molecule has 5 heteroatoms. The fourth-order valence-electron chi connectivity index (χ4n) is 2.54. The van der Waals surface area contributed by atoms with Crippen LogP contribution in [0.4, 0.5) is 0 Å². The second-order valence-corrected chi connectivity index (χ2v) is 5.81. The Morgan fingerprint density at radius 3 is 2.74 bits per heavy atom. The van der Waals surface area contributed by atoms with E-state index in [1.807, 2.05) is 12.1 Å². The first-order chi connectivity index (χ1) is 11.2. The summed E-state index contributed by atoms with van der Waals surface area (Å²) < 4.78 is 0. The standard InChI is InChI=1S/C18H25ClN4/c1-3-23(4-2)12-6-10-20-14-15-7-5-8-16(13-15)17-9-11-21-18(19)22-17/h5,7-9,11,13,20H,3-4,6,10,12,14H2,1-2H3. The number of aromatic nitrogens is 2. The highest BCUT2D eigenvalue weighted by Crippen LogP contribution is 2.19. The van der Waals surface area contributed by atoms with Crippen LogP contribution in [0, 0.1) is 0 Å².